The van der Waals surface area contributed by atoms with Crippen LogP contribution in [0.5, 0.6) is 0 Å². The predicted octanol–water partition coefficient (Wildman–Crippen LogP) is 1.00. The smallest absolute Gasteiger partial charge is 0.364 e. The summed E-state index contributed by atoms with van der Waals surface area (Å²) in [6, 6.07) is 0. The van der Waals surface area contributed by atoms with Crippen LogP contribution >= 0.6 is 45.1 Å². The van der Waals surface area contributed by atoms with Crippen molar-refractivity contribution in [1.29, 1.82) is 0 Å². The van der Waals surface area contributed by atoms with E-state index in [1.165, 1.54) is 21.6 Å². The van der Waals surface area contributed by atoms with Crippen LogP contribution in [0, 0.1) is 11.8 Å². The van der Waals surface area contributed by atoms with Crippen molar-refractivity contribution in [1.82, 2.24) is 9.55 Å². The summed E-state index contributed by atoms with van der Waals surface area (Å²) in [6.45, 7) is 5.12. The lowest BCUT2D eigenvalue weighted by Crippen LogP contribution is -2.33. The number of nitrogens with zero attached hydrogens (tertiary/aromatic N) is 1. The molecule has 0 saturated carbocycles. The number of nitrogens with two attached hydrogens (primary N) is 1. The van der Waals surface area contributed by atoms with Gasteiger partial charge in [-0.1, -0.05) is 54.2 Å². The summed E-state index contributed by atoms with van der Waals surface area (Å²) in [5.41, 5.74) is 3.67. The minimum atomic E-state index is -5.72. The molecule has 1 saturated heterocycles. The monoisotopic (exact) mass is 655 g/mol. The minimum absolute atomic E-state index is 0.000870. The van der Waals surface area contributed by atoms with Crippen molar-refractivity contribution < 1.29 is 55.9 Å². The maximum absolute atomic E-state index is 12.5. The van der Waals surface area contributed by atoms with Gasteiger partial charge >= 0.3 is 29.2 Å². The van der Waals surface area contributed by atoms with E-state index in [0.29, 0.717) is 0 Å². The lowest BCUT2D eigenvalue weighted by Gasteiger charge is -2.22. The zero-order valence-electron chi connectivity index (χ0n) is 20.7. The van der Waals surface area contributed by atoms with E-state index in [-0.39, 0.29) is 29.2 Å². The molecular formula is C17H28N3O14P3S2. The molecule has 3 unspecified atom stereocenters. The van der Waals surface area contributed by atoms with Gasteiger partial charge in [0.2, 0.25) is 0 Å². The summed E-state index contributed by atoms with van der Waals surface area (Å²) in [5.74, 6) is 5.14. The van der Waals surface area contributed by atoms with Crippen molar-refractivity contribution in [3.8, 4) is 11.8 Å². The van der Waals surface area contributed by atoms with Crippen LogP contribution in [0.2, 0.25) is 0 Å². The first-order chi connectivity index (χ1) is 17.8. The third kappa shape index (κ3) is 12.3. The molecule has 1 fully saturated rings. The number of ether oxygens (including phenoxy) is 2. The zero-order valence-corrected chi connectivity index (χ0v) is 25.0. The van der Waals surface area contributed by atoms with Crippen LogP contribution in [-0.4, -0.2) is 65.2 Å². The number of phosphoric acid groups is 3. The second-order valence-electron chi connectivity index (χ2n) is 8.60. The van der Waals surface area contributed by atoms with Crippen LogP contribution in [0.1, 0.15) is 39.0 Å². The fourth-order valence-electron chi connectivity index (χ4n) is 2.92. The van der Waals surface area contributed by atoms with Gasteiger partial charge in [-0.3, -0.25) is 18.9 Å². The molecule has 39 heavy (non-hydrogen) atoms. The molecule has 0 aromatic carbocycles. The highest BCUT2D eigenvalue weighted by Gasteiger charge is 2.43. The fourth-order valence-corrected chi connectivity index (χ4v) is 7.95. The van der Waals surface area contributed by atoms with E-state index in [1.807, 2.05) is 20.8 Å². The van der Waals surface area contributed by atoms with Gasteiger partial charge < -0.3 is 34.8 Å². The standard InChI is InChI=1S/C17H28N3O14P3S2/c1-17(2,3)39-38-10-30-12-7-14(20-8-11(5-4-6-18)15(21)19-16(20)22)32-13(12)9-31-36(26,27)34-37(28,29)33-35(23,24)25/h8,12-14H,6-7,9-10,18H2,1-3H3,(H,26,27)(H,28,29)(H,19,21,22)(H2,23,24,25)/t12-,13?,14-/m1/s1. The van der Waals surface area contributed by atoms with Crippen molar-refractivity contribution in [2.24, 2.45) is 5.73 Å². The van der Waals surface area contributed by atoms with E-state index in [9.17, 15) is 33.1 Å². The molecule has 0 bridgehead atoms. The number of aromatic amines is 1. The van der Waals surface area contributed by atoms with Gasteiger partial charge in [-0.05, 0) is 0 Å². The summed E-state index contributed by atoms with van der Waals surface area (Å²) >= 11 is 0. The van der Waals surface area contributed by atoms with Crippen molar-refractivity contribution in [3.63, 3.8) is 0 Å². The van der Waals surface area contributed by atoms with Crippen LogP contribution in [0.25, 0.3) is 0 Å². The molecule has 1 aliphatic rings. The second kappa shape index (κ2) is 13.9. The molecule has 7 N–H and O–H groups in total. The number of hydrogen-bond donors (Lipinski definition) is 6. The highest BCUT2D eigenvalue weighted by Crippen LogP contribution is 2.66. The number of H-pyrrole nitrogens is 1. The van der Waals surface area contributed by atoms with E-state index in [4.69, 9.17) is 29.5 Å². The normalized spacial score (nSPS) is 23.0. The van der Waals surface area contributed by atoms with Crippen LogP contribution in [0.15, 0.2) is 15.8 Å². The lowest BCUT2D eigenvalue weighted by molar-refractivity contribution is -0.0543. The van der Waals surface area contributed by atoms with Crippen molar-refractivity contribution in [2.75, 3.05) is 19.1 Å². The Morgan fingerprint density at radius 3 is 2.44 bits per heavy atom. The molecule has 0 amide bonds. The van der Waals surface area contributed by atoms with Gasteiger partial charge in [0.05, 0.1) is 19.3 Å². The van der Waals surface area contributed by atoms with Crippen molar-refractivity contribution in [3.05, 3.63) is 32.6 Å². The molecule has 0 radical (unpaired) electrons. The molecule has 0 spiro atoms. The molecule has 1 aromatic heterocycles. The first-order valence-corrected chi connectivity index (χ1v) is 17.6. The quantitative estimate of drug-likeness (QED) is 0.0603. The van der Waals surface area contributed by atoms with Gasteiger partial charge in [-0.2, -0.15) is 8.62 Å². The Labute approximate surface area is 230 Å². The Balaban J connectivity index is 2.22. The number of rotatable bonds is 12. The number of hydrogen-bond acceptors (Lipinski definition) is 13. The topological polar surface area (TPSA) is 259 Å². The molecule has 17 nitrogen and oxygen atoms in total. The third-order valence-electron chi connectivity index (χ3n) is 4.24. The summed E-state index contributed by atoms with van der Waals surface area (Å²) in [6.07, 6.45) is -1.92. The molecule has 1 aromatic rings. The molecular weight excluding hydrogens is 627 g/mol. The van der Waals surface area contributed by atoms with Crippen molar-refractivity contribution >= 4 is 45.1 Å². The van der Waals surface area contributed by atoms with Gasteiger partial charge in [-0.15, -0.1) is 0 Å². The Morgan fingerprint density at radius 1 is 1.18 bits per heavy atom. The molecule has 2 heterocycles. The van der Waals surface area contributed by atoms with Gasteiger partial charge in [0.15, 0.2) is 0 Å². The predicted molar refractivity (Wildman–Crippen MR) is 140 cm³/mol. The maximum atomic E-state index is 12.5. The van der Waals surface area contributed by atoms with E-state index >= 15 is 0 Å². The largest absolute Gasteiger partial charge is 0.490 e. The van der Waals surface area contributed by atoms with Crippen LogP contribution in [0.4, 0.5) is 0 Å². The third-order valence-corrected chi connectivity index (χ3v) is 11.0. The lowest BCUT2D eigenvalue weighted by atomic mass is 10.2. The Bertz CT molecular complexity index is 1330. The Kier molecular flexibility index (Phi) is 12.3. The molecule has 1 aliphatic heterocycles. The number of phosphoric ester groups is 1. The average Bonchev–Trinajstić information content (AvgIpc) is 3.14. The Morgan fingerprint density at radius 2 is 1.85 bits per heavy atom. The van der Waals surface area contributed by atoms with E-state index < -0.39 is 59.8 Å². The summed E-state index contributed by atoms with van der Waals surface area (Å²) in [7, 11) is -13.8. The highest BCUT2D eigenvalue weighted by molar-refractivity contribution is 8.77. The average molecular weight is 655 g/mol. The van der Waals surface area contributed by atoms with E-state index in [0.717, 1.165) is 10.8 Å². The Hall–Kier alpha value is -0.770. The fraction of sp³-hybridized carbons (Fsp3) is 0.647. The van der Waals surface area contributed by atoms with Crippen LogP contribution < -0.4 is 17.0 Å². The summed E-state index contributed by atoms with van der Waals surface area (Å²) < 4.78 is 59.1. The summed E-state index contributed by atoms with van der Waals surface area (Å²) in [5, 5.41) is 0. The van der Waals surface area contributed by atoms with Gasteiger partial charge in [0.25, 0.3) is 5.56 Å². The molecule has 22 heteroatoms. The van der Waals surface area contributed by atoms with Gasteiger partial charge in [0.1, 0.15) is 23.8 Å². The SMILES string of the molecule is CC(C)(C)SSCO[C@@H]1C[C@H](n2cc(C#CCN)c(=O)[nH]c2=O)OC1COP(=O)(O)OP(=O)(O)OP(=O)(O)O. The van der Waals surface area contributed by atoms with E-state index in [1.54, 1.807) is 0 Å². The minimum Gasteiger partial charge on any atom is -0.364 e. The zero-order chi connectivity index (χ0) is 29.6. The highest BCUT2D eigenvalue weighted by atomic mass is 33.1. The molecule has 5 atom stereocenters. The molecule has 2 rings (SSSR count). The molecule has 222 valence electrons. The maximum Gasteiger partial charge on any atom is 0.490 e. The second-order valence-corrected chi connectivity index (χ2v) is 16.1. The number of nitrogens with one attached hydrogen (secondary N) is 1. The molecule has 0 aliphatic carbocycles. The first kappa shape index (κ1) is 34.4. The van der Waals surface area contributed by atoms with Gasteiger partial charge in [0, 0.05) is 17.4 Å². The van der Waals surface area contributed by atoms with Crippen LogP contribution in [0.3, 0.4) is 0 Å². The van der Waals surface area contributed by atoms with Crippen LogP contribution in [-0.2, 0) is 36.3 Å². The van der Waals surface area contributed by atoms with E-state index in [2.05, 4.69) is 25.4 Å². The first-order valence-electron chi connectivity index (χ1n) is 10.7. The van der Waals surface area contributed by atoms with Gasteiger partial charge in [-0.25, -0.2) is 18.5 Å². The summed E-state index contributed by atoms with van der Waals surface area (Å²) in [4.78, 5) is 63.0. The van der Waals surface area contributed by atoms with Crippen molar-refractivity contribution in [2.45, 2.75) is 50.4 Å². The number of aromatic nitrogens is 2.